The van der Waals surface area contributed by atoms with E-state index in [0.717, 1.165) is 0 Å². The second-order valence-electron chi connectivity index (χ2n) is 11.1. The summed E-state index contributed by atoms with van der Waals surface area (Å²) in [5.41, 5.74) is 7.28. The zero-order valence-corrected chi connectivity index (χ0v) is 25.9. The van der Waals surface area contributed by atoms with E-state index in [-0.39, 0.29) is 38.9 Å². The number of carbonyl (C=O) groups excluding carboxylic acids is 2. The van der Waals surface area contributed by atoms with E-state index in [2.05, 4.69) is 4.98 Å². The Hall–Kier alpha value is -4.22. The van der Waals surface area contributed by atoms with Crippen LogP contribution in [0.15, 0.2) is 64.7 Å². The minimum absolute atomic E-state index is 0.0428. The number of ether oxygens (including phenoxy) is 3. The molecule has 3 aromatic rings. The van der Waals surface area contributed by atoms with Gasteiger partial charge in [-0.05, 0) is 80.8 Å². The number of anilines is 1. The molecule has 11 heteroatoms. The lowest BCUT2D eigenvalue weighted by Gasteiger charge is -2.26. The van der Waals surface area contributed by atoms with Crippen LogP contribution in [0.2, 0.25) is 0 Å². The van der Waals surface area contributed by atoms with E-state index in [1.54, 1.807) is 57.1 Å². The van der Waals surface area contributed by atoms with Crippen LogP contribution in [0.25, 0.3) is 6.08 Å². The molecule has 0 unspecified atom stereocenters. The molecule has 2 N–H and O–H groups in total. The van der Waals surface area contributed by atoms with Gasteiger partial charge in [0.05, 0.1) is 35.7 Å². The standard InChI is InChI=1S/C32H37N3O7S/c1-21-29(33)25(12-13-27(36)35-15-17-41-18-16-35)26(19-22-7-6-14-34-20-22)28(31(37)42-32(2,3)4)30(21)43(38,39)24-10-8-23(40-5)9-11-24/h6-14,20H,15-19,33H2,1-5H3. The number of hydrogen-bond acceptors (Lipinski definition) is 9. The molecule has 1 aliphatic rings. The maximum Gasteiger partial charge on any atom is 0.340 e. The molecule has 10 nitrogen and oxygen atoms in total. The molecule has 43 heavy (non-hydrogen) atoms. The highest BCUT2D eigenvalue weighted by Gasteiger charge is 2.35. The number of pyridine rings is 1. The third-order valence-corrected chi connectivity index (χ3v) is 8.89. The largest absolute Gasteiger partial charge is 0.497 e. The molecule has 2 heterocycles. The van der Waals surface area contributed by atoms with Crippen molar-refractivity contribution in [1.29, 1.82) is 0 Å². The van der Waals surface area contributed by atoms with Crippen LogP contribution in [0.3, 0.4) is 0 Å². The number of sulfone groups is 1. The molecule has 1 amide bonds. The predicted molar refractivity (Wildman–Crippen MR) is 163 cm³/mol. The van der Waals surface area contributed by atoms with Crippen molar-refractivity contribution < 1.29 is 32.2 Å². The summed E-state index contributed by atoms with van der Waals surface area (Å²) in [4.78, 5) is 32.6. The summed E-state index contributed by atoms with van der Waals surface area (Å²) in [5.74, 6) is -0.595. The molecule has 1 fully saturated rings. The third kappa shape index (κ3) is 7.23. The quantitative estimate of drug-likeness (QED) is 0.226. The Kier molecular flexibility index (Phi) is 9.56. The van der Waals surface area contributed by atoms with Crippen LogP contribution in [0.4, 0.5) is 5.69 Å². The van der Waals surface area contributed by atoms with Gasteiger partial charge in [0.15, 0.2) is 0 Å². The van der Waals surface area contributed by atoms with Crippen LogP contribution in [0.1, 0.15) is 53.4 Å². The minimum Gasteiger partial charge on any atom is -0.497 e. The maximum atomic E-state index is 14.3. The number of aromatic nitrogens is 1. The predicted octanol–water partition coefficient (Wildman–Crippen LogP) is 4.23. The zero-order chi connectivity index (χ0) is 31.4. The first-order valence-corrected chi connectivity index (χ1v) is 15.3. The number of nitrogens with two attached hydrogens (primary N) is 1. The van der Waals surface area contributed by atoms with Gasteiger partial charge in [-0.25, -0.2) is 13.2 Å². The van der Waals surface area contributed by atoms with Crippen molar-refractivity contribution in [2.24, 2.45) is 0 Å². The number of benzene rings is 2. The molecule has 0 atom stereocenters. The van der Waals surface area contributed by atoms with E-state index in [9.17, 15) is 18.0 Å². The molecule has 0 aliphatic carbocycles. The summed E-state index contributed by atoms with van der Waals surface area (Å²) in [6.45, 7) is 8.43. The van der Waals surface area contributed by atoms with Gasteiger partial charge in [0.1, 0.15) is 11.4 Å². The van der Waals surface area contributed by atoms with Crippen molar-refractivity contribution >= 4 is 33.5 Å². The number of methoxy groups -OCH3 is 1. The Morgan fingerprint density at radius 2 is 1.79 bits per heavy atom. The lowest BCUT2D eigenvalue weighted by molar-refractivity contribution is -0.129. The molecule has 1 aliphatic heterocycles. The molecule has 1 aromatic heterocycles. The van der Waals surface area contributed by atoms with Gasteiger partial charge in [-0.15, -0.1) is 0 Å². The highest BCUT2D eigenvalue weighted by molar-refractivity contribution is 7.91. The van der Waals surface area contributed by atoms with Crippen molar-refractivity contribution in [2.45, 2.75) is 49.5 Å². The van der Waals surface area contributed by atoms with Crippen LogP contribution in [-0.4, -0.2) is 69.2 Å². The number of carbonyl (C=O) groups is 2. The smallest absolute Gasteiger partial charge is 0.340 e. The Morgan fingerprint density at radius 1 is 1.12 bits per heavy atom. The second kappa shape index (κ2) is 13.0. The lowest BCUT2D eigenvalue weighted by atomic mass is 9.90. The zero-order valence-electron chi connectivity index (χ0n) is 25.0. The van der Waals surface area contributed by atoms with Gasteiger partial charge < -0.3 is 24.8 Å². The Labute approximate surface area is 252 Å². The first-order valence-electron chi connectivity index (χ1n) is 13.8. The molecule has 4 rings (SSSR count). The van der Waals surface area contributed by atoms with Gasteiger partial charge in [-0.2, -0.15) is 0 Å². The summed E-state index contributed by atoms with van der Waals surface area (Å²) >= 11 is 0. The second-order valence-corrected chi connectivity index (χ2v) is 13.0. The van der Waals surface area contributed by atoms with Crippen molar-refractivity contribution in [3.63, 3.8) is 0 Å². The van der Waals surface area contributed by atoms with E-state index in [1.807, 2.05) is 6.07 Å². The first kappa shape index (κ1) is 31.7. The fraction of sp³-hybridized carbons (Fsp3) is 0.344. The normalized spacial score (nSPS) is 14.1. The molecule has 0 bridgehead atoms. The number of nitrogen functional groups attached to an aromatic ring is 1. The number of hydrogen-bond donors (Lipinski definition) is 1. The monoisotopic (exact) mass is 607 g/mol. The average Bonchev–Trinajstić information content (AvgIpc) is 2.98. The minimum atomic E-state index is -4.29. The van der Waals surface area contributed by atoms with Gasteiger partial charge in [0.25, 0.3) is 0 Å². The van der Waals surface area contributed by atoms with E-state index < -0.39 is 21.4 Å². The molecular weight excluding hydrogens is 570 g/mol. The van der Waals surface area contributed by atoms with Gasteiger partial charge in [-0.1, -0.05) is 6.07 Å². The van der Waals surface area contributed by atoms with Gasteiger partial charge in [0.2, 0.25) is 15.7 Å². The van der Waals surface area contributed by atoms with Crippen molar-refractivity contribution in [2.75, 3.05) is 39.1 Å². The van der Waals surface area contributed by atoms with Gasteiger partial charge >= 0.3 is 5.97 Å². The highest BCUT2D eigenvalue weighted by Crippen LogP contribution is 2.39. The number of rotatable bonds is 8. The third-order valence-electron chi connectivity index (χ3n) is 6.95. The van der Waals surface area contributed by atoms with E-state index >= 15 is 0 Å². The number of nitrogens with zero attached hydrogens (tertiary/aromatic N) is 2. The first-order chi connectivity index (χ1) is 20.3. The number of amides is 1. The summed E-state index contributed by atoms with van der Waals surface area (Å²) in [6, 6.07) is 9.45. The summed E-state index contributed by atoms with van der Waals surface area (Å²) in [5, 5.41) is 0. The summed E-state index contributed by atoms with van der Waals surface area (Å²) < 4.78 is 44.9. The fourth-order valence-electron chi connectivity index (χ4n) is 4.82. The van der Waals surface area contributed by atoms with Crippen LogP contribution >= 0.6 is 0 Å². The molecule has 1 saturated heterocycles. The molecule has 0 spiro atoms. The molecule has 0 saturated carbocycles. The van der Waals surface area contributed by atoms with Crippen LogP contribution in [0, 0.1) is 6.92 Å². The molecule has 0 radical (unpaired) electrons. The van der Waals surface area contributed by atoms with Crippen LogP contribution < -0.4 is 10.5 Å². The van der Waals surface area contributed by atoms with Crippen LogP contribution in [0.5, 0.6) is 5.75 Å². The Morgan fingerprint density at radius 3 is 2.37 bits per heavy atom. The van der Waals surface area contributed by atoms with Crippen molar-refractivity contribution in [3.05, 3.63) is 82.7 Å². The maximum absolute atomic E-state index is 14.3. The lowest BCUT2D eigenvalue weighted by Crippen LogP contribution is -2.39. The van der Waals surface area contributed by atoms with Crippen LogP contribution in [-0.2, 0) is 30.5 Å². The van der Waals surface area contributed by atoms with Crippen molar-refractivity contribution in [1.82, 2.24) is 9.88 Å². The highest BCUT2D eigenvalue weighted by atomic mass is 32.2. The van der Waals surface area contributed by atoms with E-state index in [1.165, 1.54) is 37.5 Å². The topological polar surface area (TPSA) is 138 Å². The Balaban J connectivity index is 2.01. The van der Waals surface area contributed by atoms with Gasteiger partial charge in [-0.3, -0.25) is 9.78 Å². The average molecular weight is 608 g/mol. The van der Waals surface area contributed by atoms with E-state index in [4.69, 9.17) is 19.9 Å². The van der Waals surface area contributed by atoms with E-state index in [0.29, 0.717) is 48.7 Å². The van der Waals surface area contributed by atoms with Crippen molar-refractivity contribution in [3.8, 4) is 5.75 Å². The summed E-state index contributed by atoms with van der Waals surface area (Å²) in [6.07, 6.45) is 6.27. The SMILES string of the molecule is COc1ccc(S(=O)(=O)c2c(C)c(N)c(C=CC(=O)N3CCOCC3)c(Cc3cccnc3)c2C(=O)OC(C)(C)C)cc1. The number of morpholine rings is 1. The molecule has 2 aromatic carbocycles. The van der Waals surface area contributed by atoms with Gasteiger partial charge in [0, 0.05) is 49.2 Å². The molecule has 228 valence electrons. The molecular formula is C32H37N3O7S. The summed E-state index contributed by atoms with van der Waals surface area (Å²) in [7, 11) is -2.81. The Bertz CT molecular complexity index is 1620. The fourth-order valence-corrected chi connectivity index (χ4v) is 6.54. The number of esters is 1.